The SMILES string of the molecule is Cc1cc(N)ccc1N1CC2CN(C)CC2C1. The normalized spacial score (nSPS) is 28.7. The van der Waals surface area contributed by atoms with Gasteiger partial charge >= 0.3 is 0 Å². The number of fused-ring (bicyclic) bond motifs is 1. The molecule has 0 saturated carbocycles. The summed E-state index contributed by atoms with van der Waals surface area (Å²) in [5.41, 5.74) is 9.35. The number of hydrogen-bond acceptors (Lipinski definition) is 3. The molecule has 3 heteroatoms. The Labute approximate surface area is 103 Å². The summed E-state index contributed by atoms with van der Waals surface area (Å²) in [5.74, 6) is 1.72. The lowest BCUT2D eigenvalue weighted by atomic mass is 10.0. The fourth-order valence-corrected chi connectivity index (χ4v) is 3.46. The van der Waals surface area contributed by atoms with Gasteiger partial charge in [0.25, 0.3) is 0 Å². The first-order chi connectivity index (χ1) is 8.13. The fourth-order valence-electron chi connectivity index (χ4n) is 3.46. The molecule has 2 N–H and O–H groups in total. The van der Waals surface area contributed by atoms with Crippen LogP contribution in [0.2, 0.25) is 0 Å². The Kier molecular flexibility index (Phi) is 2.51. The van der Waals surface area contributed by atoms with E-state index in [1.54, 1.807) is 0 Å². The van der Waals surface area contributed by atoms with Crippen molar-refractivity contribution in [2.45, 2.75) is 6.92 Å². The zero-order chi connectivity index (χ0) is 12.0. The third kappa shape index (κ3) is 1.89. The van der Waals surface area contributed by atoms with E-state index in [1.807, 2.05) is 6.07 Å². The lowest BCUT2D eigenvalue weighted by Gasteiger charge is -2.23. The molecule has 0 radical (unpaired) electrons. The Morgan fingerprint density at radius 3 is 2.35 bits per heavy atom. The maximum Gasteiger partial charge on any atom is 0.0397 e. The Morgan fingerprint density at radius 2 is 1.76 bits per heavy atom. The monoisotopic (exact) mass is 231 g/mol. The van der Waals surface area contributed by atoms with Gasteiger partial charge in [-0.15, -0.1) is 0 Å². The average Bonchev–Trinajstić information content (AvgIpc) is 2.74. The molecule has 2 atom stereocenters. The molecule has 0 amide bonds. The number of hydrogen-bond donors (Lipinski definition) is 1. The van der Waals surface area contributed by atoms with Gasteiger partial charge in [-0.3, -0.25) is 0 Å². The van der Waals surface area contributed by atoms with Crippen LogP contribution in [-0.2, 0) is 0 Å². The molecule has 0 aromatic heterocycles. The lowest BCUT2D eigenvalue weighted by molar-refractivity contribution is 0.387. The number of nitrogens with zero attached hydrogens (tertiary/aromatic N) is 2. The lowest BCUT2D eigenvalue weighted by Crippen LogP contribution is -2.27. The summed E-state index contributed by atoms with van der Waals surface area (Å²) in [6.45, 7) is 7.09. The molecule has 17 heavy (non-hydrogen) atoms. The molecule has 0 aliphatic carbocycles. The van der Waals surface area contributed by atoms with Crippen LogP contribution in [0.15, 0.2) is 18.2 Å². The van der Waals surface area contributed by atoms with Crippen LogP contribution in [-0.4, -0.2) is 38.1 Å². The van der Waals surface area contributed by atoms with E-state index in [9.17, 15) is 0 Å². The molecule has 2 heterocycles. The summed E-state index contributed by atoms with van der Waals surface area (Å²) in [4.78, 5) is 5.00. The standard InChI is InChI=1S/C14H21N3/c1-10-5-13(15)3-4-14(10)17-8-11-6-16(2)7-12(11)9-17/h3-5,11-12H,6-9,15H2,1-2H3. The van der Waals surface area contributed by atoms with Gasteiger partial charge in [-0.1, -0.05) is 0 Å². The fraction of sp³-hybridized carbons (Fsp3) is 0.571. The molecule has 0 spiro atoms. The zero-order valence-electron chi connectivity index (χ0n) is 10.7. The van der Waals surface area contributed by atoms with Crippen LogP contribution in [0.3, 0.4) is 0 Å². The number of likely N-dealkylation sites (tertiary alicyclic amines) is 1. The third-order valence-electron chi connectivity index (χ3n) is 4.23. The molecule has 2 unspecified atom stereocenters. The molecular formula is C14H21N3. The van der Waals surface area contributed by atoms with Gasteiger partial charge in [0.2, 0.25) is 0 Å². The number of nitrogens with two attached hydrogens (primary N) is 1. The number of benzene rings is 1. The van der Waals surface area contributed by atoms with Crippen molar-refractivity contribution < 1.29 is 0 Å². The summed E-state index contributed by atoms with van der Waals surface area (Å²) in [7, 11) is 2.23. The summed E-state index contributed by atoms with van der Waals surface area (Å²) in [6, 6.07) is 6.27. The maximum atomic E-state index is 5.81. The van der Waals surface area contributed by atoms with Crippen molar-refractivity contribution in [3.8, 4) is 0 Å². The van der Waals surface area contributed by atoms with Crippen molar-refractivity contribution in [2.24, 2.45) is 11.8 Å². The van der Waals surface area contributed by atoms with Crippen molar-refractivity contribution in [2.75, 3.05) is 43.9 Å². The first-order valence-corrected chi connectivity index (χ1v) is 6.43. The average molecular weight is 231 g/mol. The summed E-state index contributed by atoms with van der Waals surface area (Å²) in [6.07, 6.45) is 0. The van der Waals surface area contributed by atoms with Crippen molar-refractivity contribution in [1.29, 1.82) is 0 Å². The molecular weight excluding hydrogens is 210 g/mol. The first kappa shape index (κ1) is 10.9. The van der Waals surface area contributed by atoms with E-state index in [0.29, 0.717) is 0 Å². The van der Waals surface area contributed by atoms with E-state index in [1.165, 1.54) is 37.4 Å². The highest BCUT2D eigenvalue weighted by Crippen LogP contribution is 2.34. The number of rotatable bonds is 1. The van der Waals surface area contributed by atoms with E-state index in [4.69, 9.17) is 5.73 Å². The molecule has 0 bridgehead atoms. The Balaban J connectivity index is 1.79. The highest BCUT2D eigenvalue weighted by Gasteiger charge is 2.38. The van der Waals surface area contributed by atoms with Gasteiger partial charge in [-0.25, -0.2) is 0 Å². The van der Waals surface area contributed by atoms with E-state index in [2.05, 4.69) is 35.9 Å². The second kappa shape index (κ2) is 3.91. The Bertz CT molecular complexity index is 415. The number of nitrogen functional groups attached to an aromatic ring is 1. The van der Waals surface area contributed by atoms with Crippen molar-refractivity contribution >= 4 is 11.4 Å². The Morgan fingerprint density at radius 1 is 1.12 bits per heavy atom. The second-order valence-electron chi connectivity index (χ2n) is 5.69. The second-order valence-corrected chi connectivity index (χ2v) is 5.69. The van der Waals surface area contributed by atoms with E-state index >= 15 is 0 Å². The Hall–Kier alpha value is -1.22. The minimum Gasteiger partial charge on any atom is -0.399 e. The van der Waals surface area contributed by atoms with Crippen LogP contribution in [0.4, 0.5) is 11.4 Å². The zero-order valence-corrected chi connectivity index (χ0v) is 10.7. The first-order valence-electron chi connectivity index (χ1n) is 6.43. The topological polar surface area (TPSA) is 32.5 Å². The van der Waals surface area contributed by atoms with Crippen molar-refractivity contribution in [3.05, 3.63) is 23.8 Å². The molecule has 3 rings (SSSR count). The largest absolute Gasteiger partial charge is 0.399 e. The summed E-state index contributed by atoms with van der Waals surface area (Å²) < 4.78 is 0. The number of aryl methyl sites for hydroxylation is 1. The molecule has 2 saturated heterocycles. The van der Waals surface area contributed by atoms with E-state index in [0.717, 1.165) is 17.5 Å². The van der Waals surface area contributed by atoms with Crippen molar-refractivity contribution in [1.82, 2.24) is 4.90 Å². The van der Waals surface area contributed by atoms with Gasteiger partial charge in [0, 0.05) is 37.6 Å². The molecule has 3 nitrogen and oxygen atoms in total. The van der Waals surface area contributed by atoms with Gasteiger partial charge < -0.3 is 15.5 Å². The predicted octanol–water partition coefficient (Wildman–Crippen LogP) is 1.58. The molecule has 2 aliphatic heterocycles. The van der Waals surface area contributed by atoms with E-state index in [-0.39, 0.29) is 0 Å². The highest BCUT2D eigenvalue weighted by molar-refractivity contribution is 5.59. The molecule has 1 aromatic rings. The van der Waals surface area contributed by atoms with Crippen LogP contribution in [0, 0.1) is 18.8 Å². The van der Waals surface area contributed by atoms with Gasteiger partial charge in [0.05, 0.1) is 0 Å². The summed E-state index contributed by atoms with van der Waals surface area (Å²) in [5, 5.41) is 0. The quantitative estimate of drug-likeness (QED) is 0.745. The van der Waals surface area contributed by atoms with Crippen LogP contribution in [0.1, 0.15) is 5.56 Å². The van der Waals surface area contributed by atoms with Crippen LogP contribution in [0.5, 0.6) is 0 Å². The van der Waals surface area contributed by atoms with E-state index < -0.39 is 0 Å². The van der Waals surface area contributed by atoms with Gasteiger partial charge in [0.15, 0.2) is 0 Å². The van der Waals surface area contributed by atoms with Gasteiger partial charge in [0.1, 0.15) is 0 Å². The van der Waals surface area contributed by atoms with Crippen LogP contribution >= 0.6 is 0 Å². The van der Waals surface area contributed by atoms with Gasteiger partial charge in [-0.2, -0.15) is 0 Å². The minimum atomic E-state index is 0.858. The van der Waals surface area contributed by atoms with Crippen LogP contribution < -0.4 is 10.6 Å². The van der Waals surface area contributed by atoms with Gasteiger partial charge in [-0.05, 0) is 49.6 Å². The van der Waals surface area contributed by atoms with Crippen molar-refractivity contribution in [3.63, 3.8) is 0 Å². The smallest absolute Gasteiger partial charge is 0.0397 e. The predicted molar refractivity (Wildman–Crippen MR) is 72.3 cm³/mol. The molecule has 2 aliphatic rings. The maximum absolute atomic E-state index is 5.81. The minimum absolute atomic E-state index is 0.858. The third-order valence-corrected chi connectivity index (χ3v) is 4.23. The van der Waals surface area contributed by atoms with Crippen LogP contribution in [0.25, 0.3) is 0 Å². The number of anilines is 2. The molecule has 1 aromatic carbocycles. The molecule has 2 fully saturated rings. The highest BCUT2D eigenvalue weighted by atomic mass is 15.2. The molecule has 92 valence electrons. The summed E-state index contributed by atoms with van der Waals surface area (Å²) >= 11 is 0.